The number of nitrogens with zero attached hydrogens (tertiary/aromatic N) is 1. The van der Waals surface area contributed by atoms with Crippen LogP contribution in [0, 0.1) is 0 Å². The van der Waals surface area contributed by atoms with Crippen LogP contribution in [0.2, 0.25) is 0 Å². The maximum atomic E-state index is 12.5. The highest BCUT2D eigenvalue weighted by Crippen LogP contribution is 2.27. The number of hydrogen-bond donors (Lipinski definition) is 1. The molecule has 0 atom stereocenters. The molecule has 5 heteroatoms. The van der Waals surface area contributed by atoms with E-state index in [2.05, 4.69) is 0 Å². The predicted octanol–water partition coefficient (Wildman–Crippen LogP) is 1.53. The molecule has 1 fully saturated rings. The van der Waals surface area contributed by atoms with E-state index < -0.39 is 0 Å². The van der Waals surface area contributed by atoms with Crippen LogP contribution < -0.4 is 10.5 Å². The summed E-state index contributed by atoms with van der Waals surface area (Å²) in [7, 11) is 0. The average molecular weight is 264 g/mol. The molecule has 1 amide bonds. The summed E-state index contributed by atoms with van der Waals surface area (Å²) in [6, 6.07) is 5.28. The molecule has 0 bridgehead atoms. The lowest BCUT2D eigenvalue weighted by Gasteiger charge is -2.21. The van der Waals surface area contributed by atoms with Crippen molar-refractivity contribution in [1.29, 1.82) is 0 Å². The number of anilines is 1. The number of rotatable bonds is 3. The first kappa shape index (κ1) is 13.7. The third-order valence-corrected chi connectivity index (χ3v) is 3.07. The van der Waals surface area contributed by atoms with Crippen LogP contribution in [-0.2, 0) is 4.74 Å². The van der Waals surface area contributed by atoms with Crippen molar-refractivity contribution in [3.05, 3.63) is 23.8 Å². The Bertz CT molecular complexity index is 440. The van der Waals surface area contributed by atoms with Crippen LogP contribution in [0.3, 0.4) is 0 Å². The summed E-state index contributed by atoms with van der Waals surface area (Å²) < 4.78 is 10.9. The number of carbonyl (C=O) groups excluding carboxylic acids is 1. The summed E-state index contributed by atoms with van der Waals surface area (Å²) in [5, 5.41) is 0. The van der Waals surface area contributed by atoms with Gasteiger partial charge in [-0.05, 0) is 25.5 Å². The second-order valence-corrected chi connectivity index (χ2v) is 4.42. The Labute approximate surface area is 113 Å². The fourth-order valence-electron chi connectivity index (χ4n) is 2.15. The van der Waals surface area contributed by atoms with E-state index in [9.17, 15) is 4.79 Å². The number of nitrogens with two attached hydrogens (primary N) is 1. The third-order valence-electron chi connectivity index (χ3n) is 3.07. The lowest BCUT2D eigenvalue weighted by molar-refractivity contribution is 0.0737. The van der Waals surface area contributed by atoms with Crippen molar-refractivity contribution < 1.29 is 14.3 Å². The van der Waals surface area contributed by atoms with Crippen LogP contribution in [0.5, 0.6) is 5.75 Å². The number of benzene rings is 1. The van der Waals surface area contributed by atoms with Gasteiger partial charge in [-0.1, -0.05) is 6.07 Å². The molecule has 2 N–H and O–H groups in total. The first-order valence-corrected chi connectivity index (χ1v) is 6.62. The minimum atomic E-state index is -0.0405. The van der Waals surface area contributed by atoms with Gasteiger partial charge in [0.2, 0.25) is 0 Å². The van der Waals surface area contributed by atoms with Gasteiger partial charge < -0.3 is 20.1 Å². The Hall–Kier alpha value is -1.75. The Morgan fingerprint density at radius 3 is 3.05 bits per heavy atom. The maximum Gasteiger partial charge on any atom is 0.257 e. The first-order valence-electron chi connectivity index (χ1n) is 6.62. The van der Waals surface area contributed by atoms with Gasteiger partial charge in [-0.25, -0.2) is 0 Å². The lowest BCUT2D eigenvalue weighted by Crippen LogP contribution is -2.33. The number of ether oxygens (including phenoxy) is 2. The molecule has 1 aliphatic heterocycles. The largest absolute Gasteiger partial charge is 0.491 e. The van der Waals surface area contributed by atoms with E-state index in [1.54, 1.807) is 23.1 Å². The summed E-state index contributed by atoms with van der Waals surface area (Å²) in [6.45, 7) is 4.97. The van der Waals surface area contributed by atoms with E-state index in [0.29, 0.717) is 49.9 Å². The zero-order chi connectivity index (χ0) is 13.7. The zero-order valence-corrected chi connectivity index (χ0v) is 11.2. The van der Waals surface area contributed by atoms with Crippen molar-refractivity contribution >= 4 is 11.6 Å². The Kier molecular flexibility index (Phi) is 4.63. The van der Waals surface area contributed by atoms with Gasteiger partial charge in [0.25, 0.3) is 5.91 Å². The van der Waals surface area contributed by atoms with Crippen LogP contribution in [-0.4, -0.2) is 43.7 Å². The second-order valence-electron chi connectivity index (χ2n) is 4.42. The van der Waals surface area contributed by atoms with Crippen LogP contribution in [0.1, 0.15) is 23.7 Å². The quantitative estimate of drug-likeness (QED) is 0.841. The highest BCUT2D eigenvalue weighted by molar-refractivity contribution is 5.98. The molecular weight excluding hydrogens is 244 g/mol. The summed E-state index contributed by atoms with van der Waals surface area (Å²) >= 11 is 0. The van der Waals surface area contributed by atoms with Gasteiger partial charge in [0.1, 0.15) is 0 Å². The summed E-state index contributed by atoms with van der Waals surface area (Å²) in [5.41, 5.74) is 6.92. The molecule has 0 radical (unpaired) electrons. The average Bonchev–Trinajstić information content (AvgIpc) is 2.69. The molecule has 1 heterocycles. The molecule has 5 nitrogen and oxygen atoms in total. The highest BCUT2D eigenvalue weighted by Gasteiger charge is 2.21. The number of nitrogen functional groups attached to an aromatic ring is 1. The van der Waals surface area contributed by atoms with Gasteiger partial charge in [0, 0.05) is 19.7 Å². The number of carbonyl (C=O) groups is 1. The Morgan fingerprint density at radius 2 is 2.26 bits per heavy atom. The SMILES string of the molecule is CCOc1c(N)cccc1C(=O)N1CCCOCC1. The molecule has 0 aliphatic carbocycles. The van der Waals surface area contributed by atoms with Crippen molar-refractivity contribution in [1.82, 2.24) is 4.90 Å². The molecule has 104 valence electrons. The van der Waals surface area contributed by atoms with Crippen molar-refractivity contribution in [2.75, 3.05) is 38.6 Å². The van der Waals surface area contributed by atoms with E-state index in [-0.39, 0.29) is 5.91 Å². The molecule has 0 unspecified atom stereocenters. The fraction of sp³-hybridized carbons (Fsp3) is 0.500. The van der Waals surface area contributed by atoms with E-state index in [4.69, 9.17) is 15.2 Å². The van der Waals surface area contributed by atoms with E-state index in [1.165, 1.54) is 0 Å². The zero-order valence-electron chi connectivity index (χ0n) is 11.2. The lowest BCUT2D eigenvalue weighted by atomic mass is 10.1. The van der Waals surface area contributed by atoms with Crippen molar-refractivity contribution in [3.8, 4) is 5.75 Å². The smallest absolute Gasteiger partial charge is 0.257 e. The van der Waals surface area contributed by atoms with Crippen LogP contribution in [0.15, 0.2) is 18.2 Å². The van der Waals surface area contributed by atoms with Gasteiger partial charge in [0.15, 0.2) is 5.75 Å². The molecule has 2 rings (SSSR count). The van der Waals surface area contributed by atoms with Crippen LogP contribution in [0.25, 0.3) is 0 Å². The maximum absolute atomic E-state index is 12.5. The minimum absolute atomic E-state index is 0.0405. The van der Waals surface area contributed by atoms with E-state index >= 15 is 0 Å². The van der Waals surface area contributed by atoms with E-state index in [0.717, 1.165) is 6.42 Å². The standard InChI is InChI=1S/C14H20N2O3/c1-2-19-13-11(5-3-6-12(13)15)14(17)16-7-4-9-18-10-8-16/h3,5-6H,2,4,7-10,15H2,1H3. The number of amides is 1. The minimum Gasteiger partial charge on any atom is -0.491 e. The van der Waals surface area contributed by atoms with Crippen molar-refractivity contribution in [3.63, 3.8) is 0 Å². The van der Waals surface area contributed by atoms with Gasteiger partial charge in [-0.3, -0.25) is 4.79 Å². The molecule has 1 aliphatic rings. The molecule has 1 aromatic rings. The van der Waals surface area contributed by atoms with Crippen LogP contribution >= 0.6 is 0 Å². The molecular formula is C14H20N2O3. The highest BCUT2D eigenvalue weighted by atomic mass is 16.5. The summed E-state index contributed by atoms with van der Waals surface area (Å²) in [5.74, 6) is 0.446. The van der Waals surface area contributed by atoms with Gasteiger partial charge in [-0.2, -0.15) is 0 Å². The molecule has 0 spiro atoms. The predicted molar refractivity (Wildman–Crippen MR) is 73.4 cm³/mol. The van der Waals surface area contributed by atoms with Gasteiger partial charge >= 0.3 is 0 Å². The van der Waals surface area contributed by atoms with Crippen LogP contribution in [0.4, 0.5) is 5.69 Å². The van der Waals surface area contributed by atoms with Crippen molar-refractivity contribution in [2.24, 2.45) is 0 Å². The molecule has 1 saturated heterocycles. The summed E-state index contributed by atoms with van der Waals surface area (Å²) in [4.78, 5) is 14.3. The Morgan fingerprint density at radius 1 is 1.42 bits per heavy atom. The normalized spacial score (nSPS) is 15.9. The second kappa shape index (κ2) is 6.43. The topological polar surface area (TPSA) is 64.8 Å². The molecule has 1 aromatic carbocycles. The molecule has 19 heavy (non-hydrogen) atoms. The number of hydrogen-bond acceptors (Lipinski definition) is 4. The number of para-hydroxylation sites is 1. The summed E-state index contributed by atoms with van der Waals surface area (Å²) in [6.07, 6.45) is 0.859. The Balaban J connectivity index is 2.24. The molecule has 0 aromatic heterocycles. The third kappa shape index (κ3) is 3.17. The monoisotopic (exact) mass is 264 g/mol. The van der Waals surface area contributed by atoms with E-state index in [1.807, 2.05) is 6.92 Å². The van der Waals surface area contributed by atoms with Crippen molar-refractivity contribution in [2.45, 2.75) is 13.3 Å². The first-order chi connectivity index (χ1) is 9.24. The molecule has 0 saturated carbocycles. The van der Waals surface area contributed by atoms with Gasteiger partial charge in [-0.15, -0.1) is 0 Å². The van der Waals surface area contributed by atoms with Gasteiger partial charge in [0.05, 0.1) is 24.5 Å². The fourth-order valence-corrected chi connectivity index (χ4v) is 2.15.